The molecule has 24 heavy (non-hydrogen) atoms. The molecule has 1 aromatic carbocycles. The fourth-order valence-corrected chi connectivity index (χ4v) is 5.67. The molecule has 7 heteroatoms. The summed E-state index contributed by atoms with van der Waals surface area (Å²) in [7, 11) is 0. The molecule has 2 aliphatic heterocycles. The van der Waals surface area contributed by atoms with E-state index in [1.54, 1.807) is 18.7 Å². The summed E-state index contributed by atoms with van der Waals surface area (Å²) in [5, 5.41) is 3.72. The van der Waals surface area contributed by atoms with Gasteiger partial charge >= 0.3 is 0 Å². The number of fused-ring (bicyclic) bond motifs is 4. The normalized spacial score (nSPS) is 34.1. The van der Waals surface area contributed by atoms with Crippen molar-refractivity contribution in [3.8, 4) is 5.75 Å². The number of halogens is 1. The van der Waals surface area contributed by atoms with Gasteiger partial charge in [-0.25, -0.2) is 4.99 Å². The van der Waals surface area contributed by atoms with Crippen LogP contribution in [0.25, 0.3) is 0 Å². The highest BCUT2D eigenvalue weighted by Gasteiger charge is 2.54. The minimum absolute atomic E-state index is 0.0242. The number of nitrogens with zero attached hydrogens (tertiary/aromatic N) is 1. The lowest BCUT2D eigenvalue weighted by Gasteiger charge is -2.48. The average molecular weight is 410 g/mol. The number of amidine groups is 1. The van der Waals surface area contributed by atoms with Gasteiger partial charge in [0, 0.05) is 34.7 Å². The van der Waals surface area contributed by atoms with Crippen LogP contribution in [-0.2, 0) is 10.3 Å². The number of hydrogen-bond acceptors (Lipinski definition) is 5. The summed E-state index contributed by atoms with van der Waals surface area (Å²) in [6.07, 6.45) is 2.86. The van der Waals surface area contributed by atoms with Crippen LogP contribution in [0.4, 0.5) is 0 Å². The fourth-order valence-electron chi connectivity index (χ4n) is 4.28. The van der Waals surface area contributed by atoms with Crippen LogP contribution in [0.5, 0.6) is 5.75 Å². The summed E-state index contributed by atoms with van der Waals surface area (Å²) in [5.74, 6) is 1.99. The quantitative estimate of drug-likeness (QED) is 0.747. The first-order valence-corrected chi connectivity index (χ1v) is 9.98. The number of ether oxygens (including phenoxy) is 1. The Balaban J connectivity index is 1.77. The second-order valence-corrected chi connectivity index (χ2v) is 8.69. The number of benzene rings is 1. The Morgan fingerprint density at radius 3 is 3.04 bits per heavy atom. The molecule has 1 aromatic rings. The van der Waals surface area contributed by atoms with Crippen molar-refractivity contribution >= 4 is 38.8 Å². The van der Waals surface area contributed by atoms with Gasteiger partial charge in [0.2, 0.25) is 5.91 Å². The van der Waals surface area contributed by atoms with Crippen molar-refractivity contribution in [2.24, 2.45) is 16.6 Å². The van der Waals surface area contributed by atoms with Gasteiger partial charge in [-0.05, 0) is 37.5 Å². The lowest BCUT2D eigenvalue weighted by atomic mass is 9.67. The third kappa shape index (κ3) is 2.62. The average Bonchev–Trinajstić information content (AvgIpc) is 2.92. The number of amides is 1. The van der Waals surface area contributed by atoms with Gasteiger partial charge in [-0.3, -0.25) is 4.79 Å². The summed E-state index contributed by atoms with van der Waals surface area (Å²) < 4.78 is 7.33. The van der Waals surface area contributed by atoms with Gasteiger partial charge in [0.25, 0.3) is 0 Å². The monoisotopic (exact) mass is 409 g/mol. The molecule has 0 radical (unpaired) electrons. The van der Waals surface area contributed by atoms with Crippen LogP contribution in [0, 0.1) is 5.92 Å². The van der Waals surface area contributed by atoms with E-state index in [2.05, 4.69) is 27.3 Å². The van der Waals surface area contributed by atoms with Crippen molar-refractivity contribution in [3.63, 3.8) is 0 Å². The van der Waals surface area contributed by atoms with E-state index < -0.39 is 0 Å². The van der Waals surface area contributed by atoms with Crippen molar-refractivity contribution in [3.05, 3.63) is 28.2 Å². The molecular weight excluding hydrogens is 390 g/mol. The molecule has 3 N–H and O–H groups in total. The van der Waals surface area contributed by atoms with E-state index in [9.17, 15) is 4.79 Å². The Hall–Kier alpha value is -1.21. The lowest BCUT2D eigenvalue weighted by molar-refractivity contribution is -0.120. The molecule has 4 atom stereocenters. The maximum Gasteiger partial charge on any atom is 0.217 e. The Labute approximate surface area is 153 Å². The Morgan fingerprint density at radius 2 is 2.33 bits per heavy atom. The summed E-state index contributed by atoms with van der Waals surface area (Å²) in [6.45, 7) is 1.58. The second kappa shape index (κ2) is 5.95. The summed E-state index contributed by atoms with van der Waals surface area (Å²) in [4.78, 5) is 16.4. The van der Waals surface area contributed by atoms with Gasteiger partial charge in [0.15, 0.2) is 5.17 Å². The van der Waals surface area contributed by atoms with Crippen LogP contribution in [0.15, 0.2) is 27.7 Å². The van der Waals surface area contributed by atoms with Crippen LogP contribution in [0.2, 0.25) is 0 Å². The van der Waals surface area contributed by atoms with E-state index in [0.717, 1.165) is 40.8 Å². The molecule has 3 aliphatic rings. The zero-order valence-electron chi connectivity index (χ0n) is 13.4. The first-order valence-electron chi connectivity index (χ1n) is 8.20. The highest BCUT2D eigenvalue weighted by atomic mass is 79.9. The molecule has 1 saturated carbocycles. The van der Waals surface area contributed by atoms with E-state index in [-0.39, 0.29) is 29.5 Å². The molecule has 1 spiro atoms. The van der Waals surface area contributed by atoms with Gasteiger partial charge < -0.3 is 15.8 Å². The minimum atomic E-state index is -0.353. The van der Waals surface area contributed by atoms with Crippen molar-refractivity contribution in [1.29, 1.82) is 0 Å². The van der Waals surface area contributed by atoms with Gasteiger partial charge in [0.1, 0.15) is 17.4 Å². The van der Waals surface area contributed by atoms with E-state index in [0.29, 0.717) is 5.17 Å². The van der Waals surface area contributed by atoms with Crippen molar-refractivity contribution < 1.29 is 9.53 Å². The Kier molecular flexibility index (Phi) is 4.03. The lowest BCUT2D eigenvalue weighted by Crippen LogP contribution is -2.54. The van der Waals surface area contributed by atoms with Crippen LogP contribution >= 0.6 is 27.7 Å². The number of rotatable bonds is 1. The summed E-state index contributed by atoms with van der Waals surface area (Å²) in [5.41, 5.74) is 6.82. The molecule has 0 aromatic heterocycles. The third-order valence-electron chi connectivity index (χ3n) is 5.24. The number of carbonyl (C=O) groups is 1. The topological polar surface area (TPSA) is 76.7 Å². The van der Waals surface area contributed by atoms with Crippen LogP contribution in [0.1, 0.15) is 31.7 Å². The van der Waals surface area contributed by atoms with E-state index in [1.807, 2.05) is 12.1 Å². The summed E-state index contributed by atoms with van der Waals surface area (Å²) in [6, 6.07) is 6.31. The largest absolute Gasteiger partial charge is 0.490 e. The minimum Gasteiger partial charge on any atom is -0.490 e. The Morgan fingerprint density at radius 1 is 1.50 bits per heavy atom. The first-order chi connectivity index (χ1) is 11.5. The number of nitrogens with one attached hydrogen (secondary N) is 1. The van der Waals surface area contributed by atoms with Gasteiger partial charge in [-0.1, -0.05) is 27.7 Å². The van der Waals surface area contributed by atoms with Crippen LogP contribution < -0.4 is 15.8 Å². The highest BCUT2D eigenvalue weighted by molar-refractivity contribution is 9.10. The zero-order chi connectivity index (χ0) is 16.9. The molecule has 4 rings (SSSR count). The number of nitrogens with two attached hydrogens (primary N) is 1. The van der Waals surface area contributed by atoms with Crippen molar-refractivity contribution in [2.45, 2.75) is 43.9 Å². The second-order valence-electron chi connectivity index (χ2n) is 6.78. The molecule has 5 nitrogen and oxygen atoms in total. The van der Waals surface area contributed by atoms with Crippen LogP contribution in [-0.4, -0.2) is 29.0 Å². The van der Waals surface area contributed by atoms with Crippen LogP contribution in [0.3, 0.4) is 0 Å². The van der Waals surface area contributed by atoms with E-state index in [4.69, 9.17) is 15.5 Å². The number of thioether (sulfide) groups is 1. The van der Waals surface area contributed by atoms with Gasteiger partial charge in [-0.15, -0.1) is 0 Å². The molecule has 1 amide bonds. The number of hydrogen-bond donors (Lipinski definition) is 2. The first kappa shape index (κ1) is 16.3. The molecular formula is C17H20BrN3O2S. The molecule has 1 fully saturated rings. The summed E-state index contributed by atoms with van der Waals surface area (Å²) >= 11 is 5.18. The maximum absolute atomic E-state index is 11.5. The highest BCUT2D eigenvalue weighted by Crippen LogP contribution is 2.54. The number of carbonyl (C=O) groups excluding carboxylic acids is 1. The molecule has 0 saturated heterocycles. The standard InChI is InChI=1S/C17H20BrN3O2S/c1-9(22)20-11-3-5-15-13(7-11)17(8-24-16(19)21-17)12-6-10(18)2-4-14(12)23-15/h2,4,6,11,13,15H,3,5,7-8H2,1H3,(H2,19,21)(H,20,22). The number of aliphatic imine (C=N–C) groups is 1. The predicted octanol–water partition coefficient (Wildman–Crippen LogP) is 2.77. The fraction of sp³-hybridized carbons (Fsp3) is 0.529. The predicted molar refractivity (Wildman–Crippen MR) is 99.3 cm³/mol. The zero-order valence-corrected chi connectivity index (χ0v) is 15.8. The molecule has 0 bridgehead atoms. The van der Waals surface area contributed by atoms with E-state index >= 15 is 0 Å². The molecule has 2 heterocycles. The molecule has 4 unspecified atom stereocenters. The smallest absolute Gasteiger partial charge is 0.217 e. The van der Waals surface area contributed by atoms with Gasteiger partial charge in [0.05, 0.1) is 0 Å². The SMILES string of the molecule is CC(=O)NC1CCC2Oc3ccc(Br)cc3C3(CSC(N)=N3)C2C1. The molecule has 128 valence electrons. The Bertz CT molecular complexity index is 726. The van der Waals surface area contributed by atoms with Crippen molar-refractivity contribution in [1.82, 2.24) is 5.32 Å². The van der Waals surface area contributed by atoms with Gasteiger partial charge in [-0.2, -0.15) is 0 Å². The van der Waals surface area contributed by atoms with E-state index in [1.165, 1.54) is 0 Å². The molecule has 1 aliphatic carbocycles. The van der Waals surface area contributed by atoms with Crippen molar-refractivity contribution in [2.75, 3.05) is 5.75 Å². The third-order valence-corrected chi connectivity index (χ3v) is 6.71. The maximum atomic E-state index is 11.5.